The smallest absolute Gasteiger partial charge is 0.337 e. The second-order valence-electron chi connectivity index (χ2n) is 4.30. The second kappa shape index (κ2) is 5.10. The average Bonchev–Trinajstić information content (AvgIpc) is 2.80. The molecule has 0 bridgehead atoms. The van der Waals surface area contributed by atoms with Crippen molar-refractivity contribution in [1.29, 1.82) is 0 Å². The fourth-order valence-corrected chi connectivity index (χ4v) is 2.65. The molecule has 2 aromatic heterocycles. The van der Waals surface area contributed by atoms with Gasteiger partial charge in [-0.2, -0.15) is 13.2 Å². The van der Waals surface area contributed by atoms with E-state index in [1.807, 2.05) is 0 Å². The number of fused-ring (bicyclic) bond motifs is 1. The van der Waals surface area contributed by atoms with Gasteiger partial charge in [0.15, 0.2) is 5.65 Å². The Bertz CT molecular complexity index is 827. The highest BCUT2D eigenvalue weighted by atomic mass is 79.9. The van der Waals surface area contributed by atoms with E-state index in [0.717, 1.165) is 16.6 Å². The van der Waals surface area contributed by atoms with Crippen LogP contribution in [0.1, 0.15) is 5.56 Å². The lowest BCUT2D eigenvalue weighted by Crippen LogP contribution is -2.05. The van der Waals surface area contributed by atoms with E-state index < -0.39 is 11.7 Å². The summed E-state index contributed by atoms with van der Waals surface area (Å²) >= 11 is 6.53. The molecule has 0 saturated carbocycles. The van der Waals surface area contributed by atoms with Gasteiger partial charge in [-0.05, 0) is 40.2 Å². The van der Waals surface area contributed by atoms with Gasteiger partial charge in [0.25, 0.3) is 0 Å². The summed E-state index contributed by atoms with van der Waals surface area (Å²) in [6.45, 7) is 0. The zero-order valence-corrected chi connectivity index (χ0v) is 13.3. The minimum Gasteiger partial charge on any atom is -0.337 e. The lowest BCUT2D eigenvalue weighted by molar-refractivity contribution is -0.137. The predicted molar refractivity (Wildman–Crippen MR) is 79.7 cm³/mol. The third kappa shape index (κ3) is 2.82. The van der Waals surface area contributed by atoms with Crippen LogP contribution in [0.15, 0.2) is 39.4 Å². The molecule has 0 saturated heterocycles. The Labute approximate surface area is 133 Å². The molecule has 0 fully saturated rings. The van der Waals surface area contributed by atoms with Gasteiger partial charge in [0, 0.05) is 20.7 Å². The molecule has 2 heterocycles. The molecular weight excluding hydrogens is 415 g/mol. The van der Waals surface area contributed by atoms with Crippen LogP contribution in [-0.4, -0.2) is 15.0 Å². The first-order valence-electron chi connectivity index (χ1n) is 5.73. The Morgan fingerprint density at radius 1 is 1.10 bits per heavy atom. The number of halogens is 5. The van der Waals surface area contributed by atoms with Crippen LogP contribution >= 0.6 is 31.9 Å². The molecule has 3 aromatic rings. The maximum absolute atomic E-state index is 12.8. The van der Waals surface area contributed by atoms with Gasteiger partial charge < -0.3 is 4.98 Å². The third-order valence-electron chi connectivity index (χ3n) is 2.85. The Morgan fingerprint density at radius 3 is 2.57 bits per heavy atom. The molecule has 108 valence electrons. The van der Waals surface area contributed by atoms with Crippen molar-refractivity contribution in [2.75, 3.05) is 0 Å². The monoisotopic (exact) mass is 419 g/mol. The topological polar surface area (TPSA) is 41.6 Å². The number of benzene rings is 1. The molecule has 21 heavy (non-hydrogen) atoms. The maximum Gasteiger partial charge on any atom is 0.416 e. The van der Waals surface area contributed by atoms with E-state index in [4.69, 9.17) is 0 Å². The quantitative estimate of drug-likeness (QED) is 0.590. The van der Waals surface area contributed by atoms with E-state index in [0.29, 0.717) is 27.0 Å². The number of rotatable bonds is 1. The van der Waals surface area contributed by atoms with E-state index in [9.17, 15) is 13.2 Å². The molecular formula is C13H6Br2F3N3. The Hall–Kier alpha value is -1.41. The molecule has 0 amide bonds. The predicted octanol–water partition coefficient (Wildman–Crippen LogP) is 5.17. The van der Waals surface area contributed by atoms with Crippen molar-refractivity contribution in [3.05, 3.63) is 45.0 Å². The third-order valence-corrected chi connectivity index (χ3v) is 3.98. The van der Waals surface area contributed by atoms with Crippen LogP contribution < -0.4 is 0 Å². The van der Waals surface area contributed by atoms with Gasteiger partial charge in [-0.15, -0.1) is 0 Å². The summed E-state index contributed by atoms with van der Waals surface area (Å²) in [5, 5.41) is 0. The van der Waals surface area contributed by atoms with Crippen LogP contribution in [0.2, 0.25) is 0 Å². The second-order valence-corrected chi connectivity index (χ2v) is 6.07. The van der Waals surface area contributed by atoms with Crippen LogP contribution in [0.25, 0.3) is 22.6 Å². The largest absolute Gasteiger partial charge is 0.416 e. The minimum absolute atomic E-state index is 0.327. The lowest BCUT2D eigenvalue weighted by Gasteiger charge is -2.09. The SMILES string of the molecule is FC(F)(F)c1ccc(Br)c(-c2nc3ncc(Br)cc3[nH]2)c1. The fourth-order valence-electron chi connectivity index (χ4n) is 1.89. The minimum atomic E-state index is -4.40. The van der Waals surface area contributed by atoms with Gasteiger partial charge >= 0.3 is 6.18 Å². The van der Waals surface area contributed by atoms with Gasteiger partial charge in [0.2, 0.25) is 0 Å². The molecule has 1 aromatic carbocycles. The van der Waals surface area contributed by atoms with Gasteiger partial charge in [-0.3, -0.25) is 0 Å². The Balaban J connectivity index is 2.17. The number of hydrogen-bond donors (Lipinski definition) is 1. The summed E-state index contributed by atoms with van der Waals surface area (Å²) in [6.07, 6.45) is -2.82. The van der Waals surface area contributed by atoms with Gasteiger partial charge in [-0.25, -0.2) is 9.97 Å². The first kappa shape index (κ1) is 14.5. The number of aromatic nitrogens is 3. The number of H-pyrrole nitrogens is 1. The molecule has 1 N–H and O–H groups in total. The van der Waals surface area contributed by atoms with Gasteiger partial charge in [-0.1, -0.05) is 15.9 Å². The van der Waals surface area contributed by atoms with E-state index in [-0.39, 0.29) is 0 Å². The van der Waals surface area contributed by atoms with Gasteiger partial charge in [0.05, 0.1) is 11.1 Å². The summed E-state index contributed by atoms with van der Waals surface area (Å²) in [4.78, 5) is 11.3. The number of aromatic amines is 1. The zero-order chi connectivity index (χ0) is 15.2. The summed E-state index contributed by atoms with van der Waals surface area (Å²) in [6, 6.07) is 5.19. The van der Waals surface area contributed by atoms with E-state index in [2.05, 4.69) is 46.8 Å². The number of imidazole rings is 1. The van der Waals surface area contributed by atoms with Crippen molar-refractivity contribution in [1.82, 2.24) is 15.0 Å². The van der Waals surface area contributed by atoms with Crippen molar-refractivity contribution < 1.29 is 13.2 Å². The first-order valence-corrected chi connectivity index (χ1v) is 7.31. The Morgan fingerprint density at radius 2 is 1.86 bits per heavy atom. The maximum atomic E-state index is 12.8. The molecule has 0 unspecified atom stereocenters. The van der Waals surface area contributed by atoms with Crippen molar-refractivity contribution in [2.45, 2.75) is 6.18 Å². The highest BCUT2D eigenvalue weighted by Crippen LogP contribution is 2.35. The van der Waals surface area contributed by atoms with Crippen molar-refractivity contribution in [3.8, 4) is 11.4 Å². The van der Waals surface area contributed by atoms with Crippen LogP contribution in [-0.2, 0) is 6.18 Å². The van der Waals surface area contributed by atoms with E-state index in [1.165, 1.54) is 6.07 Å². The summed E-state index contributed by atoms with van der Waals surface area (Å²) in [5.74, 6) is 0.327. The van der Waals surface area contributed by atoms with Crippen LogP contribution in [0.5, 0.6) is 0 Å². The number of nitrogens with one attached hydrogen (secondary N) is 1. The molecule has 0 aliphatic carbocycles. The number of hydrogen-bond acceptors (Lipinski definition) is 2. The zero-order valence-electron chi connectivity index (χ0n) is 10.2. The van der Waals surface area contributed by atoms with Crippen molar-refractivity contribution in [3.63, 3.8) is 0 Å². The molecule has 3 rings (SSSR count). The molecule has 8 heteroatoms. The molecule has 0 aliphatic heterocycles. The Kier molecular flexibility index (Phi) is 3.53. The molecule has 0 atom stereocenters. The summed E-state index contributed by atoms with van der Waals surface area (Å²) in [5.41, 5.74) is 0.690. The number of nitrogens with zero attached hydrogens (tertiary/aromatic N) is 2. The van der Waals surface area contributed by atoms with Crippen molar-refractivity contribution in [2.24, 2.45) is 0 Å². The standard InChI is InChI=1S/C13H6Br2F3N3/c14-7-4-10-12(19-5-7)21-11(20-10)8-3-6(13(16,17)18)1-2-9(8)15/h1-5H,(H,19,20,21). The highest BCUT2D eigenvalue weighted by Gasteiger charge is 2.31. The normalized spacial score (nSPS) is 12.0. The van der Waals surface area contributed by atoms with E-state index in [1.54, 1.807) is 12.3 Å². The van der Waals surface area contributed by atoms with Crippen molar-refractivity contribution >= 4 is 43.0 Å². The van der Waals surface area contributed by atoms with Crippen LogP contribution in [0.3, 0.4) is 0 Å². The number of pyridine rings is 1. The van der Waals surface area contributed by atoms with Crippen LogP contribution in [0, 0.1) is 0 Å². The molecule has 3 nitrogen and oxygen atoms in total. The molecule has 0 spiro atoms. The molecule has 0 radical (unpaired) electrons. The number of alkyl halides is 3. The van der Waals surface area contributed by atoms with Gasteiger partial charge in [0.1, 0.15) is 5.82 Å². The van der Waals surface area contributed by atoms with Crippen LogP contribution in [0.4, 0.5) is 13.2 Å². The lowest BCUT2D eigenvalue weighted by atomic mass is 10.1. The first-order chi connectivity index (χ1) is 9.84. The average molecular weight is 421 g/mol. The summed E-state index contributed by atoms with van der Waals surface area (Å²) in [7, 11) is 0. The highest BCUT2D eigenvalue weighted by molar-refractivity contribution is 9.10. The summed E-state index contributed by atoms with van der Waals surface area (Å²) < 4.78 is 39.7. The van der Waals surface area contributed by atoms with E-state index >= 15 is 0 Å². The molecule has 0 aliphatic rings. The fraction of sp³-hybridized carbons (Fsp3) is 0.0769.